The van der Waals surface area contributed by atoms with Crippen LogP contribution in [0.4, 0.5) is 4.39 Å². The number of halogens is 1. The topological polar surface area (TPSA) is 36.4 Å². The minimum Gasteiger partial charge on any atom is -0.338 e. The first-order valence-electron chi connectivity index (χ1n) is 9.38. The molecular formula is C21H24FN3O. The van der Waals surface area contributed by atoms with E-state index in [4.69, 9.17) is 0 Å². The maximum atomic E-state index is 13.1. The number of carbonyl (C=O) groups excluding carboxylic acids is 1. The van der Waals surface area contributed by atoms with Crippen molar-refractivity contribution in [3.63, 3.8) is 0 Å². The molecule has 1 amide bonds. The third-order valence-electron chi connectivity index (χ3n) is 5.70. The van der Waals surface area contributed by atoms with Gasteiger partial charge < -0.3 is 4.90 Å². The van der Waals surface area contributed by atoms with Gasteiger partial charge in [0.15, 0.2) is 0 Å². The van der Waals surface area contributed by atoms with E-state index in [1.165, 1.54) is 18.6 Å². The number of fused-ring (bicyclic) bond motifs is 1. The van der Waals surface area contributed by atoms with Crippen LogP contribution < -0.4 is 0 Å². The van der Waals surface area contributed by atoms with Crippen LogP contribution in [0.15, 0.2) is 48.8 Å². The highest BCUT2D eigenvalue weighted by Crippen LogP contribution is 2.32. The molecule has 2 atom stereocenters. The van der Waals surface area contributed by atoms with Gasteiger partial charge >= 0.3 is 0 Å². The van der Waals surface area contributed by atoms with Crippen molar-refractivity contribution in [2.24, 2.45) is 5.92 Å². The Hall–Kier alpha value is -2.27. The lowest BCUT2D eigenvalue weighted by Gasteiger charge is -2.47. The summed E-state index contributed by atoms with van der Waals surface area (Å²) >= 11 is 0. The normalized spacial score (nSPS) is 23.5. The van der Waals surface area contributed by atoms with E-state index < -0.39 is 0 Å². The molecule has 0 radical (unpaired) electrons. The van der Waals surface area contributed by atoms with Gasteiger partial charge in [0, 0.05) is 43.6 Å². The lowest BCUT2D eigenvalue weighted by molar-refractivity contribution is 0.0175. The van der Waals surface area contributed by atoms with E-state index >= 15 is 0 Å². The van der Waals surface area contributed by atoms with Crippen molar-refractivity contribution < 1.29 is 9.18 Å². The van der Waals surface area contributed by atoms with Gasteiger partial charge in [0.25, 0.3) is 5.91 Å². The highest BCUT2D eigenvalue weighted by atomic mass is 19.1. The van der Waals surface area contributed by atoms with Gasteiger partial charge in [0.1, 0.15) is 5.82 Å². The number of rotatable bonds is 3. The average molecular weight is 353 g/mol. The lowest BCUT2D eigenvalue weighted by Crippen LogP contribution is -2.54. The molecular weight excluding hydrogens is 329 g/mol. The summed E-state index contributed by atoms with van der Waals surface area (Å²) in [6, 6.07) is 10.9. The minimum absolute atomic E-state index is 0.113. The van der Waals surface area contributed by atoms with Crippen molar-refractivity contribution in [2.75, 3.05) is 19.6 Å². The van der Waals surface area contributed by atoms with Crippen molar-refractivity contribution in [1.29, 1.82) is 0 Å². The van der Waals surface area contributed by atoms with E-state index in [0.29, 0.717) is 12.0 Å². The smallest absolute Gasteiger partial charge is 0.253 e. The number of hydrogen-bond acceptors (Lipinski definition) is 3. The largest absolute Gasteiger partial charge is 0.338 e. The molecule has 2 fully saturated rings. The zero-order chi connectivity index (χ0) is 17.9. The molecule has 136 valence electrons. The Balaban J connectivity index is 1.42. The van der Waals surface area contributed by atoms with Crippen LogP contribution in [0.1, 0.15) is 35.2 Å². The number of benzene rings is 1. The van der Waals surface area contributed by atoms with Crippen molar-refractivity contribution in [1.82, 2.24) is 14.8 Å². The third-order valence-corrected chi connectivity index (χ3v) is 5.70. The fourth-order valence-corrected chi connectivity index (χ4v) is 4.39. The molecule has 2 aliphatic rings. The summed E-state index contributed by atoms with van der Waals surface area (Å²) in [4.78, 5) is 21.2. The Morgan fingerprint density at radius 2 is 1.85 bits per heavy atom. The van der Waals surface area contributed by atoms with E-state index in [2.05, 4.69) is 9.88 Å². The molecule has 2 aliphatic heterocycles. The second-order valence-corrected chi connectivity index (χ2v) is 7.34. The van der Waals surface area contributed by atoms with Gasteiger partial charge in [-0.15, -0.1) is 0 Å². The maximum absolute atomic E-state index is 13.1. The summed E-state index contributed by atoms with van der Waals surface area (Å²) in [7, 11) is 0. The molecule has 0 bridgehead atoms. The molecule has 1 aromatic heterocycles. The SMILES string of the molecule is O=C(c1ccncc1)N1CC[C@@H]2[C@H](CCCN2Cc2ccc(F)cc2)C1. The Morgan fingerprint density at radius 1 is 1.08 bits per heavy atom. The molecule has 4 nitrogen and oxygen atoms in total. The van der Waals surface area contributed by atoms with Gasteiger partial charge in [-0.25, -0.2) is 4.39 Å². The molecule has 26 heavy (non-hydrogen) atoms. The van der Waals surface area contributed by atoms with E-state index in [1.807, 2.05) is 17.0 Å². The summed E-state index contributed by atoms with van der Waals surface area (Å²) in [6.07, 6.45) is 6.67. The first-order valence-corrected chi connectivity index (χ1v) is 9.38. The molecule has 0 aliphatic carbocycles. The molecule has 0 spiro atoms. The maximum Gasteiger partial charge on any atom is 0.253 e. The van der Waals surface area contributed by atoms with Crippen LogP contribution in [-0.4, -0.2) is 46.4 Å². The fraction of sp³-hybridized carbons (Fsp3) is 0.429. The van der Waals surface area contributed by atoms with E-state index in [1.54, 1.807) is 24.5 Å². The number of likely N-dealkylation sites (tertiary alicyclic amines) is 2. The number of carbonyl (C=O) groups is 1. The number of aromatic nitrogens is 1. The zero-order valence-electron chi connectivity index (χ0n) is 14.9. The van der Waals surface area contributed by atoms with E-state index in [9.17, 15) is 9.18 Å². The quantitative estimate of drug-likeness (QED) is 0.849. The van der Waals surface area contributed by atoms with Crippen LogP contribution in [0.3, 0.4) is 0 Å². The van der Waals surface area contributed by atoms with Crippen molar-refractivity contribution >= 4 is 5.91 Å². The molecule has 4 rings (SSSR count). The van der Waals surface area contributed by atoms with Gasteiger partial charge in [-0.1, -0.05) is 12.1 Å². The number of amides is 1. The Labute approximate surface area is 153 Å². The summed E-state index contributed by atoms with van der Waals surface area (Å²) in [5.74, 6) is 0.443. The molecule has 1 aromatic carbocycles. The molecule has 0 unspecified atom stereocenters. The third kappa shape index (κ3) is 3.63. The van der Waals surface area contributed by atoms with Gasteiger partial charge in [-0.2, -0.15) is 0 Å². The second kappa shape index (κ2) is 7.54. The molecule has 0 N–H and O–H groups in total. The second-order valence-electron chi connectivity index (χ2n) is 7.34. The Kier molecular flexibility index (Phi) is 4.98. The van der Waals surface area contributed by atoms with Crippen LogP contribution in [0, 0.1) is 11.7 Å². The highest BCUT2D eigenvalue weighted by molar-refractivity contribution is 5.94. The fourth-order valence-electron chi connectivity index (χ4n) is 4.39. The Morgan fingerprint density at radius 3 is 2.62 bits per heavy atom. The van der Waals surface area contributed by atoms with Crippen LogP contribution in [-0.2, 0) is 6.54 Å². The standard InChI is InChI=1S/C21H24FN3O/c22-19-5-3-16(4-6-19)14-24-12-1-2-18-15-25(13-9-20(18)24)21(26)17-7-10-23-11-8-17/h3-8,10-11,18,20H,1-2,9,12-15H2/t18-,20-/m1/s1. The highest BCUT2D eigenvalue weighted by Gasteiger charge is 2.37. The van der Waals surface area contributed by atoms with Crippen LogP contribution in [0.2, 0.25) is 0 Å². The lowest BCUT2D eigenvalue weighted by atomic mass is 9.83. The van der Waals surface area contributed by atoms with Crippen LogP contribution in [0.5, 0.6) is 0 Å². The monoisotopic (exact) mass is 353 g/mol. The first-order chi connectivity index (χ1) is 12.7. The van der Waals surface area contributed by atoms with Gasteiger partial charge in [-0.05, 0) is 61.6 Å². The van der Waals surface area contributed by atoms with Gasteiger partial charge in [-0.3, -0.25) is 14.7 Å². The predicted molar refractivity (Wildman–Crippen MR) is 98.1 cm³/mol. The van der Waals surface area contributed by atoms with Crippen molar-refractivity contribution in [2.45, 2.75) is 31.8 Å². The van der Waals surface area contributed by atoms with Gasteiger partial charge in [0.05, 0.1) is 0 Å². The number of piperidine rings is 2. The summed E-state index contributed by atoms with van der Waals surface area (Å²) in [5, 5.41) is 0. The van der Waals surface area contributed by atoms with E-state index in [0.717, 1.165) is 50.1 Å². The van der Waals surface area contributed by atoms with E-state index in [-0.39, 0.29) is 11.7 Å². The zero-order valence-corrected chi connectivity index (χ0v) is 14.9. The number of pyridine rings is 1. The predicted octanol–water partition coefficient (Wildman–Crippen LogP) is 3.35. The summed E-state index contributed by atoms with van der Waals surface area (Å²) < 4.78 is 13.1. The van der Waals surface area contributed by atoms with Crippen LogP contribution >= 0.6 is 0 Å². The molecule has 2 saturated heterocycles. The van der Waals surface area contributed by atoms with Gasteiger partial charge in [0.2, 0.25) is 0 Å². The van der Waals surface area contributed by atoms with Crippen molar-refractivity contribution in [3.05, 3.63) is 65.7 Å². The molecule has 5 heteroatoms. The number of nitrogens with zero attached hydrogens (tertiary/aromatic N) is 3. The average Bonchev–Trinajstić information content (AvgIpc) is 2.69. The minimum atomic E-state index is -0.187. The number of hydrogen-bond donors (Lipinski definition) is 0. The molecule has 0 saturated carbocycles. The first kappa shape index (κ1) is 17.2. The van der Waals surface area contributed by atoms with Crippen LogP contribution in [0.25, 0.3) is 0 Å². The molecule has 3 heterocycles. The molecule has 2 aromatic rings. The summed E-state index contributed by atoms with van der Waals surface area (Å²) in [5.41, 5.74) is 1.87. The summed E-state index contributed by atoms with van der Waals surface area (Å²) in [6.45, 7) is 3.56. The van der Waals surface area contributed by atoms with Crippen molar-refractivity contribution in [3.8, 4) is 0 Å². The Bertz CT molecular complexity index is 750.